The van der Waals surface area contributed by atoms with E-state index in [1.54, 1.807) is 41.3 Å². The number of amides is 1. The van der Waals surface area contributed by atoms with E-state index in [4.69, 9.17) is 0 Å². The second kappa shape index (κ2) is 8.06. The summed E-state index contributed by atoms with van der Waals surface area (Å²) >= 11 is 0. The molecule has 6 heteroatoms. The van der Waals surface area contributed by atoms with Gasteiger partial charge < -0.3 is 10.0 Å². The van der Waals surface area contributed by atoms with Gasteiger partial charge in [-0.1, -0.05) is 12.1 Å². The predicted molar refractivity (Wildman–Crippen MR) is 108 cm³/mol. The van der Waals surface area contributed by atoms with E-state index in [0.717, 1.165) is 5.56 Å². The zero-order chi connectivity index (χ0) is 21.3. The van der Waals surface area contributed by atoms with Crippen molar-refractivity contribution >= 4 is 17.4 Å². The number of aromatic hydroxyl groups is 1. The van der Waals surface area contributed by atoms with E-state index in [2.05, 4.69) is 0 Å². The van der Waals surface area contributed by atoms with Crippen LogP contribution in [0.1, 0.15) is 34.8 Å². The summed E-state index contributed by atoms with van der Waals surface area (Å²) in [6, 6.07) is 17.2. The maximum atomic E-state index is 13.3. The van der Waals surface area contributed by atoms with E-state index < -0.39 is 17.6 Å². The fourth-order valence-electron chi connectivity index (χ4n) is 3.84. The molecule has 1 heterocycles. The summed E-state index contributed by atoms with van der Waals surface area (Å²) in [6.07, 6.45) is 0.478. The molecule has 0 aliphatic carbocycles. The van der Waals surface area contributed by atoms with Crippen LogP contribution in [0.2, 0.25) is 0 Å². The van der Waals surface area contributed by atoms with Crippen molar-refractivity contribution in [3.05, 3.63) is 95.6 Å². The molecule has 0 radical (unpaired) electrons. The van der Waals surface area contributed by atoms with Gasteiger partial charge in [0.1, 0.15) is 17.4 Å². The van der Waals surface area contributed by atoms with Gasteiger partial charge in [-0.15, -0.1) is 0 Å². The number of phenols is 1. The summed E-state index contributed by atoms with van der Waals surface area (Å²) in [5, 5.41) is 9.59. The van der Waals surface area contributed by atoms with Crippen LogP contribution in [0.5, 0.6) is 5.75 Å². The molecule has 3 aromatic carbocycles. The van der Waals surface area contributed by atoms with Crippen LogP contribution in [0.4, 0.5) is 14.5 Å². The van der Waals surface area contributed by atoms with Crippen molar-refractivity contribution in [2.24, 2.45) is 5.92 Å². The second-order valence-corrected chi connectivity index (χ2v) is 7.30. The molecular weight excluding hydrogens is 388 g/mol. The van der Waals surface area contributed by atoms with Crippen LogP contribution in [-0.2, 0) is 4.79 Å². The Bertz CT molecular complexity index is 1060. The van der Waals surface area contributed by atoms with Gasteiger partial charge >= 0.3 is 0 Å². The Labute approximate surface area is 172 Å². The lowest BCUT2D eigenvalue weighted by Gasteiger charge is -2.47. The molecule has 152 valence electrons. The van der Waals surface area contributed by atoms with Crippen molar-refractivity contribution in [2.75, 3.05) is 4.90 Å². The molecule has 0 saturated carbocycles. The third-order valence-corrected chi connectivity index (χ3v) is 5.40. The maximum Gasteiger partial charge on any atom is 0.233 e. The van der Waals surface area contributed by atoms with Crippen LogP contribution in [0.15, 0.2) is 72.8 Å². The SMILES string of the molecule is O=C(CC[C@@H]1C(=O)N(c2ccc(F)cc2)[C@@H]1c1ccc(O)cc1)c1ccc(F)cc1. The zero-order valence-corrected chi connectivity index (χ0v) is 16.0. The summed E-state index contributed by atoms with van der Waals surface area (Å²) in [7, 11) is 0. The number of carbonyl (C=O) groups excluding carboxylic acids is 2. The highest BCUT2D eigenvalue weighted by molar-refractivity contribution is 6.04. The Kier molecular flexibility index (Phi) is 5.31. The highest BCUT2D eigenvalue weighted by atomic mass is 19.1. The molecule has 1 N–H and O–H groups in total. The minimum absolute atomic E-state index is 0.112. The quantitative estimate of drug-likeness (QED) is 0.460. The molecule has 3 aromatic rings. The second-order valence-electron chi connectivity index (χ2n) is 7.30. The molecule has 1 fully saturated rings. The third kappa shape index (κ3) is 3.81. The molecule has 2 atom stereocenters. The van der Waals surface area contributed by atoms with E-state index in [-0.39, 0.29) is 29.9 Å². The fourth-order valence-corrected chi connectivity index (χ4v) is 3.84. The van der Waals surface area contributed by atoms with Crippen LogP contribution >= 0.6 is 0 Å². The number of phenolic OH excluding ortho intramolecular Hbond substituents is 1. The molecule has 30 heavy (non-hydrogen) atoms. The van der Waals surface area contributed by atoms with Crippen molar-refractivity contribution in [1.29, 1.82) is 0 Å². The maximum absolute atomic E-state index is 13.3. The summed E-state index contributed by atoms with van der Waals surface area (Å²) in [5.74, 6) is -1.43. The fraction of sp³-hybridized carbons (Fsp3) is 0.167. The van der Waals surface area contributed by atoms with Crippen molar-refractivity contribution < 1.29 is 23.5 Å². The highest BCUT2D eigenvalue weighted by Gasteiger charge is 2.48. The number of Topliss-reactive ketones (excluding diaryl/α,β-unsaturated/α-hetero) is 1. The smallest absolute Gasteiger partial charge is 0.233 e. The molecule has 1 aliphatic heterocycles. The first kappa shape index (κ1) is 19.8. The first-order chi connectivity index (χ1) is 14.4. The number of ketones is 1. The Morgan fingerprint density at radius 3 is 2.03 bits per heavy atom. The largest absolute Gasteiger partial charge is 0.508 e. The number of anilines is 1. The topological polar surface area (TPSA) is 57.6 Å². The van der Waals surface area contributed by atoms with Gasteiger partial charge in [-0.2, -0.15) is 0 Å². The van der Waals surface area contributed by atoms with Crippen molar-refractivity contribution in [2.45, 2.75) is 18.9 Å². The van der Waals surface area contributed by atoms with Crippen LogP contribution < -0.4 is 4.90 Å². The van der Waals surface area contributed by atoms with E-state index in [9.17, 15) is 23.5 Å². The van der Waals surface area contributed by atoms with Crippen LogP contribution in [0.3, 0.4) is 0 Å². The van der Waals surface area contributed by atoms with Crippen LogP contribution in [0.25, 0.3) is 0 Å². The number of β-lactam (4-membered cyclic amide) rings is 1. The Morgan fingerprint density at radius 1 is 0.867 bits per heavy atom. The number of nitrogens with zero attached hydrogens (tertiary/aromatic N) is 1. The van der Waals surface area contributed by atoms with Gasteiger partial charge in [-0.05, 0) is 72.6 Å². The summed E-state index contributed by atoms with van der Waals surface area (Å²) < 4.78 is 26.4. The molecule has 0 spiro atoms. The molecule has 1 aliphatic rings. The van der Waals surface area contributed by atoms with E-state index in [1.807, 2.05) is 0 Å². The van der Waals surface area contributed by atoms with Gasteiger partial charge in [0.05, 0.1) is 12.0 Å². The molecule has 4 rings (SSSR count). The van der Waals surface area contributed by atoms with E-state index in [1.165, 1.54) is 36.4 Å². The van der Waals surface area contributed by atoms with Gasteiger partial charge in [0.2, 0.25) is 5.91 Å². The molecule has 1 amide bonds. The number of benzene rings is 3. The van der Waals surface area contributed by atoms with Crippen LogP contribution in [0, 0.1) is 17.6 Å². The number of halogens is 2. The Balaban J connectivity index is 1.55. The molecule has 0 unspecified atom stereocenters. The van der Waals surface area contributed by atoms with Crippen molar-refractivity contribution in [3.8, 4) is 5.75 Å². The third-order valence-electron chi connectivity index (χ3n) is 5.40. The van der Waals surface area contributed by atoms with Crippen molar-refractivity contribution in [3.63, 3.8) is 0 Å². The summed E-state index contributed by atoms with van der Waals surface area (Å²) in [5.41, 5.74) is 1.79. The number of hydrogen-bond donors (Lipinski definition) is 1. The first-order valence-electron chi connectivity index (χ1n) is 9.60. The minimum atomic E-state index is -0.427. The van der Waals surface area contributed by atoms with Crippen LogP contribution in [-0.4, -0.2) is 16.8 Å². The number of hydrogen-bond acceptors (Lipinski definition) is 3. The average Bonchev–Trinajstić information content (AvgIpc) is 2.74. The molecule has 4 nitrogen and oxygen atoms in total. The van der Waals surface area contributed by atoms with Crippen molar-refractivity contribution in [1.82, 2.24) is 0 Å². The average molecular weight is 407 g/mol. The standard InChI is InChI=1S/C24H19F2NO3/c25-17-5-1-15(2-6-17)22(29)14-13-21-23(16-3-11-20(28)12-4-16)27(24(21)30)19-9-7-18(26)8-10-19/h1-12,21,23,28H,13-14H2/t21-,23+/m0/s1. The molecule has 0 bridgehead atoms. The van der Waals surface area contributed by atoms with Gasteiger partial charge in [0.15, 0.2) is 5.78 Å². The summed E-state index contributed by atoms with van der Waals surface area (Å²) in [4.78, 5) is 27.0. The Hall–Kier alpha value is -3.54. The van der Waals surface area contributed by atoms with Gasteiger partial charge in [0.25, 0.3) is 0 Å². The number of carbonyl (C=O) groups is 2. The zero-order valence-electron chi connectivity index (χ0n) is 16.0. The van der Waals surface area contributed by atoms with Gasteiger partial charge in [0, 0.05) is 17.7 Å². The normalized spacial score (nSPS) is 18.2. The lowest BCUT2D eigenvalue weighted by Crippen LogP contribution is -2.55. The van der Waals surface area contributed by atoms with E-state index >= 15 is 0 Å². The molecule has 1 saturated heterocycles. The molecule has 0 aromatic heterocycles. The van der Waals surface area contributed by atoms with Gasteiger partial charge in [-0.25, -0.2) is 8.78 Å². The first-order valence-corrected chi connectivity index (χ1v) is 9.60. The lowest BCUT2D eigenvalue weighted by atomic mass is 9.78. The lowest BCUT2D eigenvalue weighted by molar-refractivity contribution is -0.130. The minimum Gasteiger partial charge on any atom is -0.508 e. The Morgan fingerprint density at radius 2 is 1.43 bits per heavy atom. The monoisotopic (exact) mass is 407 g/mol. The van der Waals surface area contributed by atoms with E-state index in [0.29, 0.717) is 17.7 Å². The highest BCUT2D eigenvalue weighted by Crippen LogP contribution is 2.45. The molecular formula is C24H19F2NO3. The number of rotatable bonds is 6. The predicted octanol–water partition coefficient (Wildman–Crippen LogP) is 5.04. The van der Waals surface area contributed by atoms with Gasteiger partial charge in [-0.3, -0.25) is 9.59 Å². The summed E-state index contributed by atoms with van der Waals surface area (Å²) in [6.45, 7) is 0.